The molecule has 0 saturated carbocycles. The zero-order valence-electron chi connectivity index (χ0n) is 16.4. The van der Waals surface area contributed by atoms with Gasteiger partial charge in [0, 0.05) is 32.9 Å². The summed E-state index contributed by atoms with van der Waals surface area (Å²) >= 11 is 0. The summed E-state index contributed by atoms with van der Waals surface area (Å²) in [5.74, 6) is -2.73. The van der Waals surface area contributed by atoms with Gasteiger partial charge in [0.15, 0.2) is 0 Å². The van der Waals surface area contributed by atoms with Crippen LogP contribution in [0.1, 0.15) is 51.4 Å². The van der Waals surface area contributed by atoms with Crippen molar-refractivity contribution in [1.82, 2.24) is 10.6 Å². The van der Waals surface area contributed by atoms with E-state index in [-0.39, 0.29) is 31.6 Å². The molecule has 0 heterocycles. The highest BCUT2D eigenvalue weighted by Gasteiger charge is 2.20. The van der Waals surface area contributed by atoms with Crippen LogP contribution in [-0.4, -0.2) is 73.5 Å². The molecule has 0 aliphatic heterocycles. The second kappa shape index (κ2) is 16.9. The van der Waals surface area contributed by atoms with Gasteiger partial charge in [0.05, 0.1) is 19.8 Å². The standard InChI is InChI=1S/C18H32N2O8/c1-27-12-13-28-11-10-19-15(21)9-8-14(18(25)26)20-16(22)6-4-2-3-5-7-17(23)24/h14H,2-13H2,1H3,(H,19,21)(H,20,22)(H,23,24)(H,25,26)/t14-/m0/s1. The molecule has 0 radical (unpaired) electrons. The predicted molar refractivity (Wildman–Crippen MR) is 99.8 cm³/mol. The molecule has 10 nitrogen and oxygen atoms in total. The van der Waals surface area contributed by atoms with E-state index in [9.17, 15) is 24.3 Å². The van der Waals surface area contributed by atoms with E-state index >= 15 is 0 Å². The van der Waals surface area contributed by atoms with Crippen LogP contribution >= 0.6 is 0 Å². The van der Waals surface area contributed by atoms with Crippen LogP contribution in [0.15, 0.2) is 0 Å². The average molecular weight is 404 g/mol. The molecular formula is C18H32N2O8. The van der Waals surface area contributed by atoms with Gasteiger partial charge in [-0.2, -0.15) is 0 Å². The summed E-state index contributed by atoms with van der Waals surface area (Å²) in [6.07, 6.45) is 2.77. The number of amides is 2. The van der Waals surface area contributed by atoms with Gasteiger partial charge in [-0.1, -0.05) is 12.8 Å². The number of carboxylic acids is 2. The predicted octanol–water partition coefficient (Wildman–Crippen LogP) is 0.540. The number of carboxylic acid groups (broad SMARTS) is 2. The summed E-state index contributed by atoms with van der Waals surface area (Å²) < 4.78 is 10.0. The van der Waals surface area contributed by atoms with Crippen LogP contribution in [0, 0.1) is 0 Å². The average Bonchev–Trinajstić information content (AvgIpc) is 2.63. The minimum Gasteiger partial charge on any atom is -0.481 e. The van der Waals surface area contributed by atoms with E-state index in [0.29, 0.717) is 52.0 Å². The van der Waals surface area contributed by atoms with Crippen LogP contribution in [-0.2, 0) is 28.7 Å². The second-order valence-corrected chi connectivity index (χ2v) is 6.26. The van der Waals surface area contributed by atoms with Crippen molar-refractivity contribution >= 4 is 23.8 Å². The van der Waals surface area contributed by atoms with E-state index in [1.54, 1.807) is 7.11 Å². The third-order valence-electron chi connectivity index (χ3n) is 3.84. The van der Waals surface area contributed by atoms with Crippen LogP contribution in [0.5, 0.6) is 0 Å². The zero-order valence-corrected chi connectivity index (χ0v) is 16.4. The van der Waals surface area contributed by atoms with E-state index in [1.165, 1.54) is 0 Å². The Kier molecular flexibility index (Phi) is 15.6. The van der Waals surface area contributed by atoms with Crippen molar-refractivity contribution in [3.63, 3.8) is 0 Å². The number of ether oxygens (including phenoxy) is 2. The fourth-order valence-electron chi connectivity index (χ4n) is 2.31. The molecule has 0 aromatic heterocycles. The lowest BCUT2D eigenvalue weighted by Gasteiger charge is -2.14. The summed E-state index contributed by atoms with van der Waals surface area (Å²) in [7, 11) is 1.56. The number of carbonyl (C=O) groups is 4. The van der Waals surface area contributed by atoms with Gasteiger partial charge in [-0.05, 0) is 19.3 Å². The van der Waals surface area contributed by atoms with E-state index in [1.807, 2.05) is 0 Å². The number of carbonyl (C=O) groups excluding carboxylic acids is 2. The van der Waals surface area contributed by atoms with Crippen molar-refractivity contribution in [3.05, 3.63) is 0 Å². The molecule has 0 spiro atoms. The molecule has 0 bridgehead atoms. The summed E-state index contributed by atoms with van der Waals surface area (Å²) in [4.78, 5) is 45.2. The van der Waals surface area contributed by atoms with Gasteiger partial charge in [0.1, 0.15) is 6.04 Å². The molecule has 2 amide bonds. The normalized spacial score (nSPS) is 11.6. The number of hydrogen-bond acceptors (Lipinski definition) is 6. The van der Waals surface area contributed by atoms with E-state index < -0.39 is 23.9 Å². The van der Waals surface area contributed by atoms with Crippen LogP contribution in [0.25, 0.3) is 0 Å². The van der Waals surface area contributed by atoms with Crippen molar-refractivity contribution in [2.24, 2.45) is 0 Å². The number of unbranched alkanes of at least 4 members (excludes halogenated alkanes) is 3. The number of nitrogens with one attached hydrogen (secondary N) is 2. The molecule has 0 aliphatic carbocycles. The largest absolute Gasteiger partial charge is 0.481 e. The van der Waals surface area contributed by atoms with Gasteiger partial charge >= 0.3 is 11.9 Å². The first kappa shape index (κ1) is 25.8. The fourth-order valence-corrected chi connectivity index (χ4v) is 2.31. The Hall–Kier alpha value is -2.20. The third-order valence-corrected chi connectivity index (χ3v) is 3.84. The molecular weight excluding hydrogens is 372 g/mol. The molecule has 0 saturated heterocycles. The van der Waals surface area contributed by atoms with Crippen molar-refractivity contribution < 1.29 is 38.9 Å². The Morgan fingerprint density at radius 1 is 0.857 bits per heavy atom. The first-order valence-electron chi connectivity index (χ1n) is 9.44. The molecule has 0 unspecified atom stereocenters. The molecule has 0 aromatic carbocycles. The highest BCUT2D eigenvalue weighted by molar-refractivity contribution is 5.84. The Labute approximate surface area is 165 Å². The summed E-state index contributed by atoms with van der Waals surface area (Å²) in [5.41, 5.74) is 0. The zero-order chi connectivity index (χ0) is 21.2. The van der Waals surface area contributed by atoms with E-state index in [2.05, 4.69) is 10.6 Å². The lowest BCUT2D eigenvalue weighted by molar-refractivity contribution is -0.142. The Morgan fingerprint density at radius 3 is 2.14 bits per heavy atom. The van der Waals surface area contributed by atoms with Crippen molar-refractivity contribution in [2.75, 3.05) is 33.5 Å². The maximum Gasteiger partial charge on any atom is 0.326 e. The van der Waals surface area contributed by atoms with Crippen molar-refractivity contribution in [3.8, 4) is 0 Å². The molecule has 0 rings (SSSR count). The molecule has 28 heavy (non-hydrogen) atoms. The summed E-state index contributed by atoms with van der Waals surface area (Å²) in [6.45, 7) is 1.55. The van der Waals surface area contributed by atoms with Gasteiger partial charge in [-0.25, -0.2) is 4.79 Å². The number of aliphatic carboxylic acids is 2. The quantitative estimate of drug-likeness (QED) is 0.242. The maximum atomic E-state index is 11.8. The lowest BCUT2D eigenvalue weighted by Crippen LogP contribution is -2.41. The highest BCUT2D eigenvalue weighted by Crippen LogP contribution is 2.06. The van der Waals surface area contributed by atoms with Crippen LogP contribution in [0.3, 0.4) is 0 Å². The molecule has 4 N–H and O–H groups in total. The highest BCUT2D eigenvalue weighted by atomic mass is 16.5. The molecule has 0 aliphatic rings. The molecule has 0 aromatic rings. The van der Waals surface area contributed by atoms with Crippen LogP contribution < -0.4 is 10.6 Å². The first-order valence-corrected chi connectivity index (χ1v) is 9.44. The van der Waals surface area contributed by atoms with Crippen molar-refractivity contribution in [1.29, 1.82) is 0 Å². The Morgan fingerprint density at radius 2 is 1.54 bits per heavy atom. The van der Waals surface area contributed by atoms with Crippen LogP contribution in [0.2, 0.25) is 0 Å². The van der Waals surface area contributed by atoms with Gasteiger partial charge in [0.2, 0.25) is 11.8 Å². The fraction of sp³-hybridized carbons (Fsp3) is 0.778. The molecule has 0 fully saturated rings. The summed E-state index contributed by atoms with van der Waals surface area (Å²) in [6, 6.07) is -1.12. The second-order valence-electron chi connectivity index (χ2n) is 6.26. The molecule has 162 valence electrons. The van der Waals surface area contributed by atoms with E-state index in [0.717, 1.165) is 0 Å². The number of methoxy groups -OCH3 is 1. The smallest absolute Gasteiger partial charge is 0.326 e. The maximum absolute atomic E-state index is 11.8. The van der Waals surface area contributed by atoms with Gasteiger partial charge in [-0.15, -0.1) is 0 Å². The Bertz CT molecular complexity index is 484. The van der Waals surface area contributed by atoms with Crippen molar-refractivity contribution in [2.45, 2.75) is 57.4 Å². The van der Waals surface area contributed by atoms with Crippen LogP contribution in [0.4, 0.5) is 0 Å². The lowest BCUT2D eigenvalue weighted by atomic mass is 10.1. The minimum atomic E-state index is -1.19. The minimum absolute atomic E-state index is 0.00392. The number of hydrogen-bond donors (Lipinski definition) is 4. The topological polar surface area (TPSA) is 151 Å². The van der Waals surface area contributed by atoms with Gasteiger partial charge < -0.3 is 30.3 Å². The van der Waals surface area contributed by atoms with Gasteiger partial charge in [0.25, 0.3) is 0 Å². The third kappa shape index (κ3) is 16.0. The monoisotopic (exact) mass is 404 g/mol. The van der Waals surface area contributed by atoms with Gasteiger partial charge in [-0.3, -0.25) is 14.4 Å². The van der Waals surface area contributed by atoms with E-state index in [4.69, 9.17) is 14.6 Å². The molecule has 1 atom stereocenters. The summed E-state index contributed by atoms with van der Waals surface area (Å²) in [5, 5.41) is 22.8. The molecule has 10 heteroatoms. The number of rotatable bonds is 18. The SMILES string of the molecule is COCCOCCNC(=O)CC[C@H](NC(=O)CCCCCCC(=O)O)C(=O)O. The first-order chi connectivity index (χ1) is 13.4. The Balaban J connectivity index is 3.92.